The first-order chi connectivity index (χ1) is 5.16. The Morgan fingerprint density at radius 2 is 2.55 bits per heavy atom. The topological polar surface area (TPSA) is 61.7 Å². The fourth-order valence-electron chi connectivity index (χ4n) is 0.338. The smallest absolute Gasteiger partial charge is 0.286 e. The van der Waals surface area contributed by atoms with E-state index >= 15 is 0 Å². The Bertz CT molecular complexity index is 155. The second-order valence-electron chi connectivity index (χ2n) is 1.73. The van der Waals surface area contributed by atoms with Crippen LogP contribution in [0.3, 0.4) is 0 Å². The van der Waals surface area contributed by atoms with Gasteiger partial charge in [-0.2, -0.15) is 14.2 Å². The number of nitrogens with one attached hydrogen (secondary N) is 1. The number of hydrazone groups is 1. The van der Waals surface area contributed by atoms with Gasteiger partial charge >= 0.3 is 0 Å². The van der Waals surface area contributed by atoms with Crippen LogP contribution < -0.4 is 5.43 Å². The highest BCUT2D eigenvalue weighted by atomic mass is 127. The van der Waals surface area contributed by atoms with Crippen LogP contribution in [-0.2, 0) is 4.79 Å². The standard InChI is InChI=1S/C4H9BIN2O2P/c6-5(11)3-7-8-4(10)1-2-9/h3,9H,1-2,11H2,(H,8,10). The van der Waals surface area contributed by atoms with Crippen LogP contribution >= 0.6 is 31.5 Å². The van der Waals surface area contributed by atoms with E-state index in [1.165, 1.54) is 0 Å². The van der Waals surface area contributed by atoms with Crippen LogP contribution in [0, 0.1) is 0 Å². The highest BCUT2D eigenvalue weighted by molar-refractivity contribution is 14.1. The van der Waals surface area contributed by atoms with Gasteiger partial charge in [-0.15, -0.1) is 22.4 Å². The van der Waals surface area contributed by atoms with Crippen molar-refractivity contribution in [3.8, 4) is 0 Å². The van der Waals surface area contributed by atoms with Gasteiger partial charge in [0.15, 0.2) is 0 Å². The number of aliphatic hydroxyl groups is 1. The summed E-state index contributed by atoms with van der Waals surface area (Å²) in [6.07, 6.45) is 1.68. The molecule has 0 aliphatic carbocycles. The molecule has 62 valence electrons. The summed E-state index contributed by atoms with van der Waals surface area (Å²) in [5.41, 5.74) is 2.27. The summed E-state index contributed by atoms with van der Waals surface area (Å²) in [7, 11) is 2.50. The molecular weight excluding hydrogens is 277 g/mol. The van der Waals surface area contributed by atoms with Crippen molar-refractivity contribution in [1.82, 2.24) is 5.43 Å². The fraction of sp³-hybridized carbons (Fsp3) is 0.500. The molecule has 7 heteroatoms. The number of nitrogens with zero attached hydrogens (tertiary/aromatic N) is 1. The number of carbonyl (C=O) groups excluding carboxylic acids is 1. The Morgan fingerprint density at radius 1 is 1.91 bits per heavy atom. The minimum Gasteiger partial charge on any atom is -0.396 e. The molecule has 1 atom stereocenters. The van der Waals surface area contributed by atoms with Crippen LogP contribution in [0.25, 0.3) is 0 Å². The van der Waals surface area contributed by atoms with Gasteiger partial charge in [0.1, 0.15) is 0 Å². The summed E-state index contributed by atoms with van der Waals surface area (Å²) in [5, 5.41) is 12.0. The van der Waals surface area contributed by atoms with E-state index in [0.29, 0.717) is 0 Å². The summed E-state index contributed by atoms with van der Waals surface area (Å²) in [6, 6.07) is 0. The Labute approximate surface area is 81.3 Å². The van der Waals surface area contributed by atoms with Gasteiger partial charge in [0.2, 0.25) is 5.91 Å². The van der Waals surface area contributed by atoms with Gasteiger partial charge in [-0.1, -0.05) is 0 Å². The second-order valence-corrected chi connectivity index (χ2v) is 5.24. The van der Waals surface area contributed by atoms with Gasteiger partial charge in [0, 0.05) is 6.11 Å². The average molecular weight is 286 g/mol. The Balaban J connectivity index is 3.45. The molecule has 0 heterocycles. The maximum Gasteiger partial charge on any atom is 0.286 e. The number of aliphatic hydroxyl groups excluding tert-OH is 1. The minimum atomic E-state index is -0.272. The lowest BCUT2D eigenvalue weighted by Crippen LogP contribution is -2.19. The highest BCUT2D eigenvalue weighted by Crippen LogP contribution is 1.98. The quantitative estimate of drug-likeness (QED) is 0.247. The lowest BCUT2D eigenvalue weighted by atomic mass is 10.2. The molecule has 0 aromatic rings. The predicted octanol–water partition coefficient (Wildman–Crippen LogP) is -0.192. The van der Waals surface area contributed by atoms with Crippen molar-refractivity contribution in [2.75, 3.05) is 6.61 Å². The largest absolute Gasteiger partial charge is 0.396 e. The van der Waals surface area contributed by atoms with E-state index in [9.17, 15) is 4.79 Å². The van der Waals surface area contributed by atoms with Gasteiger partial charge in [0.25, 0.3) is 4.29 Å². The number of hydrogen-bond acceptors (Lipinski definition) is 3. The molecule has 0 fully saturated rings. The second kappa shape index (κ2) is 7.00. The van der Waals surface area contributed by atoms with E-state index in [4.69, 9.17) is 5.11 Å². The molecule has 0 saturated carbocycles. The van der Waals surface area contributed by atoms with Crippen LogP contribution in [0.15, 0.2) is 5.10 Å². The summed E-state index contributed by atoms with van der Waals surface area (Å²) < 4.78 is 0.210. The summed E-state index contributed by atoms with van der Waals surface area (Å²) in [4.78, 5) is 10.6. The Hall–Kier alpha value is 0.325. The van der Waals surface area contributed by atoms with Crippen LogP contribution in [0.5, 0.6) is 0 Å². The first-order valence-corrected chi connectivity index (χ1v) is 4.90. The fourth-order valence-corrected chi connectivity index (χ4v) is 0.585. The minimum absolute atomic E-state index is 0.0973. The SMILES string of the molecule is O=C(CCO)NN=CB(P)I. The van der Waals surface area contributed by atoms with Crippen LogP contribution in [-0.4, -0.2) is 28.0 Å². The Morgan fingerprint density at radius 3 is 3.00 bits per heavy atom. The molecule has 11 heavy (non-hydrogen) atoms. The van der Waals surface area contributed by atoms with Crippen LogP contribution in [0.2, 0.25) is 0 Å². The van der Waals surface area contributed by atoms with E-state index in [1.54, 1.807) is 6.11 Å². The van der Waals surface area contributed by atoms with E-state index in [0.717, 1.165) is 0 Å². The van der Waals surface area contributed by atoms with Crippen molar-refractivity contribution in [1.29, 1.82) is 0 Å². The van der Waals surface area contributed by atoms with Crippen molar-refractivity contribution in [3.63, 3.8) is 0 Å². The maximum absolute atomic E-state index is 10.6. The third-order valence-electron chi connectivity index (χ3n) is 0.745. The van der Waals surface area contributed by atoms with E-state index < -0.39 is 0 Å². The van der Waals surface area contributed by atoms with E-state index in [-0.39, 0.29) is 23.2 Å². The van der Waals surface area contributed by atoms with Gasteiger partial charge < -0.3 is 5.11 Å². The van der Waals surface area contributed by atoms with Crippen molar-refractivity contribution in [2.24, 2.45) is 5.10 Å². The zero-order chi connectivity index (χ0) is 8.69. The lowest BCUT2D eigenvalue weighted by Gasteiger charge is -1.94. The maximum atomic E-state index is 10.6. The van der Waals surface area contributed by atoms with E-state index in [2.05, 4.69) is 42.0 Å². The van der Waals surface area contributed by atoms with Crippen molar-refractivity contribution in [3.05, 3.63) is 0 Å². The Kier molecular flexibility index (Phi) is 7.21. The molecule has 0 bridgehead atoms. The van der Waals surface area contributed by atoms with E-state index in [1.807, 2.05) is 0 Å². The zero-order valence-electron chi connectivity index (χ0n) is 5.83. The van der Waals surface area contributed by atoms with Gasteiger partial charge in [0.05, 0.1) is 13.0 Å². The molecule has 2 N–H and O–H groups in total. The molecule has 0 aromatic carbocycles. The molecule has 0 aliphatic rings. The third-order valence-corrected chi connectivity index (χ3v) is 1.24. The van der Waals surface area contributed by atoms with Crippen molar-refractivity contribution in [2.45, 2.75) is 6.42 Å². The average Bonchev–Trinajstić information content (AvgIpc) is 1.87. The molecule has 0 saturated heterocycles. The molecule has 4 nitrogen and oxygen atoms in total. The zero-order valence-corrected chi connectivity index (χ0v) is 9.14. The number of halogens is 1. The molecule has 1 unspecified atom stereocenters. The van der Waals surface area contributed by atoms with Gasteiger partial charge in [-0.3, -0.25) is 4.79 Å². The van der Waals surface area contributed by atoms with Crippen LogP contribution in [0.1, 0.15) is 6.42 Å². The third kappa shape index (κ3) is 8.23. The molecular formula is C4H9BIN2O2P. The molecule has 0 rings (SSSR count). The van der Waals surface area contributed by atoms with Crippen molar-refractivity contribution >= 4 is 47.8 Å². The van der Waals surface area contributed by atoms with Crippen molar-refractivity contribution < 1.29 is 9.90 Å². The number of hydrogen-bond donors (Lipinski definition) is 2. The number of carbonyl (C=O) groups is 1. The monoisotopic (exact) mass is 286 g/mol. The summed E-state index contributed by atoms with van der Waals surface area (Å²) >= 11 is 2.12. The molecule has 0 spiro atoms. The van der Waals surface area contributed by atoms with Crippen LogP contribution in [0.4, 0.5) is 0 Å². The first kappa shape index (κ1) is 11.3. The van der Waals surface area contributed by atoms with Gasteiger partial charge in [-0.05, 0) is 0 Å². The number of amides is 1. The number of rotatable bonds is 4. The molecule has 1 amide bonds. The summed E-state index contributed by atoms with van der Waals surface area (Å²) in [5.74, 6) is -0.272. The highest BCUT2D eigenvalue weighted by Gasteiger charge is 1.97. The molecule has 0 radical (unpaired) electrons. The first-order valence-electron chi connectivity index (χ1n) is 2.99. The predicted molar refractivity (Wildman–Crippen MR) is 57.8 cm³/mol. The molecule has 0 aromatic heterocycles. The lowest BCUT2D eigenvalue weighted by molar-refractivity contribution is -0.121. The summed E-state index contributed by atoms with van der Waals surface area (Å²) in [6.45, 7) is -0.143. The van der Waals surface area contributed by atoms with Gasteiger partial charge in [-0.25, -0.2) is 5.43 Å². The normalized spacial score (nSPS) is 10.1. The molecule has 0 aliphatic heterocycles.